The van der Waals surface area contributed by atoms with E-state index in [1.54, 1.807) is 22.8 Å². The fourth-order valence-corrected chi connectivity index (χ4v) is 1.81. The normalized spacial score (nSPS) is 10.7. The number of hydrogen-bond donors (Lipinski definition) is 1. The molecular formula is C13H10FN5O. The molecule has 100 valence electrons. The van der Waals surface area contributed by atoms with Crippen LogP contribution in [-0.4, -0.2) is 25.5 Å². The third kappa shape index (κ3) is 2.33. The summed E-state index contributed by atoms with van der Waals surface area (Å²) in [5.41, 5.74) is 2.20. The molecule has 0 saturated heterocycles. The second-order valence-corrected chi connectivity index (χ2v) is 4.21. The van der Waals surface area contributed by atoms with Crippen LogP contribution in [0.15, 0.2) is 36.7 Å². The van der Waals surface area contributed by atoms with Crippen molar-refractivity contribution < 1.29 is 9.18 Å². The van der Waals surface area contributed by atoms with E-state index < -0.39 is 5.95 Å². The van der Waals surface area contributed by atoms with Gasteiger partial charge in [0.05, 0.1) is 0 Å². The van der Waals surface area contributed by atoms with Crippen molar-refractivity contribution in [1.82, 2.24) is 19.6 Å². The van der Waals surface area contributed by atoms with Gasteiger partial charge in [0.15, 0.2) is 5.65 Å². The van der Waals surface area contributed by atoms with E-state index in [9.17, 15) is 9.18 Å². The summed E-state index contributed by atoms with van der Waals surface area (Å²) in [6, 6.07) is 6.52. The molecular weight excluding hydrogens is 261 g/mol. The molecule has 1 N–H and O–H groups in total. The minimum atomic E-state index is -0.525. The molecule has 0 spiro atoms. The van der Waals surface area contributed by atoms with Crippen LogP contribution in [0.3, 0.4) is 0 Å². The molecule has 3 rings (SSSR count). The summed E-state index contributed by atoms with van der Waals surface area (Å²) in [5, 5.41) is 6.65. The Hall–Kier alpha value is -2.83. The van der Waals surface area contributed by atoms with Gasteiger partial charge >= 0.3 is 0 Å². The average Bonchev–Trinajstić information content (AvgIpc) is 2.79. The van der Waals surface area contributed by atoms with Crippen molar-refractivity contribution in [3.63, 3.8) is 0 Å². The molecule has 0 atom stereocenters. The van der Waals surface area contributed by atoms with Gasteiger partial charge in [-0.05, 0) is 24.3 Å². The van der Waals surface area contributed by atoms with Gasteiger partial charge < -0.3 is 0 Å². The number of carbonyl (C=O) groups is 1. The second kappa shape index (κ2) is 4.69. The third-order valence-electron chi connectivity index (χ3n) is 2.68. The zero-order valence-electron chi connectivity index (χ0n) is 10.5. The Bertz CT molecular complexity index is 781. The number of fused-ring (bicyclic) bond motifs is 1. The molecule has 7 heteroatoms. The van der Waals surface area contributed by atoms with Crippen molar-refractivity contribution in [3.8, 4) is 11.1 Å². The van der Waals surface area contributed by atoms with Gasteiger partial charge in [0, 0.05) is 30.4 Å². The van der Waals surface area contributed by atoms with Crippen LogP contribution in [0.2, 0.25) is 0 Å². The minimum Gasteiger partial charge on any atom is -0.293 e. The number of rotatable bonds is 2. The van der Waals surface area contributed by atoms with Crippen LogP contribution in [0.25, 0.3) is 16.8 Å². The van der Waals surface area contributed by atoms with E-state index in [4.69, 9.17) is 0 Å². The van der Waals surface area contributed by atoms with E-state index in [1.807, 2.05) is 6.07 Å². The van der Waals surface area contributed by atoms with E-state index in [0.717, 1.165) is 11.1 Å². The first kappa shape index (κ1) is 12.2. The smallest absolute Gasteiger partial charge is 0.249 e. The number of nitrogens with one attached hydrogen (secondary N) is 1. The first-order chi connectivity index (χ1) is 9.61. The summed E-state index contributed by atoms with van der Waals surface area (Å²) in [6.07, 6.45) is 3.19. The van der Waals surface area contributed by atoms with Crippen molar-refractivity contribution in [1.29, 1.82) is 0 Å². The number of anilines is 1. The minimum absolute atomic E-state index is 0.233. The maximum absolute atomic E-state index is 12.8. The maximum atomic E-state index is 12.8. The molecule has 0 aliphatic rings. The number of carbonyl (C=O) groups excluding carboxylic acids is 1. The van der Waals surface area contributed by atoms with Crippen LogP contribution in [-0.2, 0) is 4.79 Å². The number of halogens is 1. The molecule has 0 aliphatic heterocycles. The Kier molecular flexibility index (Phi) is 2.86. The lowest BCUT2D eigenvalue weighted by atomic mass is 10.1. The van der Waals surface area contributed by atoms with Gasteiger partial charge in [-0.25, -0.2) is 9.50 Å². The molecule has 3 heterocycles. The van der Waals surface area contributed by atoms with Gasteiger partial charge in [-0.2, -0.15) is 9.37 Å². The molecule has 3 aromatic rings. The Labute approximate surface area is 113 Å². The van der Waals surface area contributed by atoms with Crippen molar-refractivity contribution in [2.75, 3.05) is 5.32 Å². The van der Waals surface area contributed by atoms with Gasteiger partial charge in [-0.15, -0.1) is 5.10 Å². The average molecular weight is 271 g/mol. The topological polar surface area (TPSA) is 72.2 Å². The third-order valence-corrected chi connectivity index (χ3v) is 2.68. The molecule has 0 fully saturated rings. The molecule has 0 aromatic carbocycles. The van der Waals surface area contributed by atoms with Gasteiger partial charge in [-0.3, -0.25) is 10.1 Å². The highest BCUT2D eigenvalue weighted by Crippen LogP contribution is 2.19. The van der Waals surface area contributed by atoms with Crippen molar-refractivity contribution in [2.24, 2.45) is 0 Å². The predicted molar refractivity (Wildman–Crippen MR) is 70.5 cm³/mol. The second-order valence-electron chi connectivity index (χ2n) is 4.21. The standard InChI is InChI=1S/C13H10FN5O/c1-8(20)16-13-17-12-5-3-10(7-19(12)18-13)9-2-4-11(14)15-6-9/h2-7H,1H3,(H,16,18,20). The van der Waals surface area contributed by atoms with Crippen molar-refractivity contribution >= 4 is 17.5 Å². The fraction of sp³-hybridized carbons (Fsp3) is 0.0769. The maximum Gasteiger partial charge on any atom is 0.249 e. The largest absolute Gasteiger partial charge is 0.293 e. The lowest BCUT2D eigenvalue weighted by molar-refractivity contribution is -0.114. The van der Waals surface area contributed by atoms with Gasteiger partial charge in [0.25, 0.3) is 0 Å². The van der Waals surface area contributed by atoms with Crippen LogP contribution in [0.1, 0.15) is 6.92 Å². The molecule has 3 aromatic heterocycles. The van der Waals surface area contributed by atoms with Gasteiger partial charge in [0.2, 0.25) is 17.8 Å². The number of nitrogens with zero attached hydrogens (tertiary/aromatic N) is 4. The zero-order valence-corrected chi connectivity index (χ0v) is 10.5. The Morgan fingerprint density at radius 1 is 1.25 bits per heavy atom. The molecule has 0 aliphatic carbocycles. The molecule has 0 radical (unpaired) electrons. The molecule has 0 bridgehead atoms. The summed E-state index contributed by atoms with van der Waals surface area (Å²) in [5.74, 6) is -0.515. The summed E-state index contributed by atoms with van der Waals surface area (Å²) in [6.45, 7) is 1.39. The van der Waals surface area contributed by atoms with Crippen molar-refractivity contribution in [3.05, 3.63) is 42.6 Å². The van der Waals surface area contributed by atoms with E-state index in [1.165, 1.54) is 19.2 Å². The molecule has 1 amide bonds. The fourth-order valence-electron chi connectivity index (χ4n) is 1.81. The highest BCUT2D eigenvalue weighted by atomic mass is 19.1. The Morgan fingerprint density at radius 2 is 2.05 bits per heavy atom. The predicted octanol–water partition coefficient (Wildman–Crippen LogP) is 1.89. The number of aromatic nitrogens is 4. The highest BCUT2D eigenvalue weighted by molar-refractivity contribution is 5.86. The summed E-state index contributed by atoms with van der Waals surface area (Å²) in [4.78, 5) is 18.7. The van der Waals surface area contributed by atoms with Crippen LogP contribution in [0, 0.1) is 5.95 Å². The molecule has 0 saturated carbocycles. The first-order valence-corrected chi connectivity index (χ1v) is 5.88. The van der Waals surface area contributed by atoms with Crippen LogP contribution < -0.4 is 5.32 Å². The van der Waals surface area contributed by atoms with E-state index in [-0.39, 0.29) is 11.9 Å². The van der Waals surface area contributed by atoms with Crippen LogP contribution in [0.4, 0.5) is 10.3 Å². The quantitative estimate of drug-likeness (QED) is 0.722. The Balaban J connectivity index is 2.01. The summed E-state index contributed by atoms with van der Waals surface area (Å²) < 4.78 is 14.3. The van der Waals surface area contributed by atoms with Crippen LogP contribution in [0.5, 0.6) is 0 Å². The van der Waals surface area contributed by atoms with E-state index in [0.29, 0.717) is 5.65 Å². The monoisotopic (exact) mass is 271 g/mol. The highest BCUT2D eigenvalue weighted by Gasteiger charge is 2.06. The summed E-state index contributed by atoms with van der Waals surface area (Å²) >= 11 is 0. The van der Waals surface area contributed by atoms with Gasteiger partial charge in [-0.1, -0.05) is 0 Å². The summed E-state index contributed by atoms with van der Waals surface area (Å²) in [7, 11) is 0. The number of amides is 1. The van der Waals surface area contributed by atoms with Crippen LogP contribution >= 0.6 is 0 Å². The molecule has 6 nitrogen and oxygen atoms in total. The number of pyridine rings is 2. The number of hydrogen-bond acceptors (Lipinski definition) is 4. The molecule has 20 heavy (non-hydrogen) atoms. The SMILES string of the molecule is CC(=O)Nc1nc2ccc(-c3ccc(F)nc3)cn2n1. The Morgan fingerprint density at radius 3 is 2.75 bits per heavy atom. The lowest BCUT2D eigenvalue weighted by Crippen LogP contribution is -2.07. The lowest BCUT2D eigenvalue weighted by Gasteiger charge is -2.00. The van der Waals surface area contributed by atoms with E-state index >= 15 is 0 Å². The first-order valence-electron chi connectivity index (χ1n) is 5.88. The zero-order chi connectivity index (χ0) is 14.1. The molecule has 0 unspecified atom stereocenters. The van der Waals surface area contributed by atoms with Gasteiger partial charge in [0.1, 0.15) is 0 Å². The van der Waals surface area contributed by atoms with E-state index in [2.05, 4.69) is 20.4 Å². The van der Waals surface area contributed by atoms with Crippen molar-refractivity contribution in [2.45, 2.75) is 6.92 Å².